The number of rotatable bonds is 1. The Morgan fingerprint density at radius 3 is 2.41 bits per heavy atom. The molecule has 6 heteroatoms. The Morgan fingerprint density at radius 2 is 1.67 bits per heavy atom. The molecule has 5 rings (SSSR count). The number of carbonyl (C=O) groups is 3. The summed E-state index contributed by atoms with van der Waals surface area (Å²) in [6, 6.07) is 7.65. The lowest BCUT2D eigenvalue weighted by Gasteiger charge is -2.35. The average molecular weight is 367 g/mol. The van der Waals surface area contributed by atoms with Crippen molar-refractivity contribution >= 4 is 23.4 Å². The monoisotopic (exact) mass is 367 g/mol. The molecule has 0 radical (unpaired) electrons. The predicted octanol–water partition coefficient (Wildman–Crippen LogP) is 2.58. The van der Waals surface area contributed by atoms with Gasteiger partial charge in [-0.15, -0.1) is 0 Å². The molecule has 4 aliphatic rings. The van der Waals surface area contributed by atoms with Crippen molar-refractivity contribution in [3.63, 3.8) is 0 Å². The van der Waals surface area contributed by atoms with Gasteiger partial charge in [0, 0.05) is 11.6 Å². The maximum absolute atomic E-state index is 13.8. The number of carbonyl (C=O) groups excluding carboxylic acids is 3. The predicted molar refractivity (Wildman–Crippen MR) is 99.4 cm³/mol. The van der Waals surface area contributed by atoms with Gasteiger partial charge in [0.15, 0.2) is 5.54 Å². The van der Waals surface area contributed by atoms with Gasteiger partial charge in [-0.1, -0.05) is 37.5 Å². The number of hydrogen-bond donors (Lipinski definition) is 0. The first-order valence-corrected chi connectivity index (χ1v) is 9.96. The number of para-hydroxylation sites is 1. The van der Waals surface area contributed by atoms with Crippen LogP contribution in [0.2, 0.25) is 0 Å². The molecule has 142 valence electrons. The molecule has 3 amide bonds. The molecule has 1 unspecified atom stereocenters. The number of imide groups is 1. The zero-order valence-corrected chi connectivity index (χ0v) is 15.9. The molecule has 27 heavy (non-hydrogen) atoms. The summed E-state index contributed by atoms with van der Waals surface area (Å²) < 4.78 is 0. The lowest BCUT2D eigenvalue weighted by Crippen LogP contribution is -2.55. The fraction of sp³-hybridized carbons (Fsp3) is 0.571. The van der Waals surface area contributed by atoms with Crippen molar-refractivity contribution in [3.8, 4) is 0 Å². The minimum absolute atomic E-state index is 0.0231. The molecule has 2 saturated heterocycles. The van der Waals surface area contributed by atoms with Crippen molar-refractivity contribution in [1.82, 2.24) is 9.91 Å². The van der Waals surface area contributed by atoms with E-state index in [4.69, 9.17) is 0 Å². The molecule has 3 heterocycles. The Morgan fingerprint density at radius 1 is 0.963 bits per heavy atom. The van der Waals surface area contributed by atoms with E-state index >= 15 is 0 Å². The van der Waals surface area contributed by atoms with Gasteiger partial charge in [0.1, 0.15) is 0 Å². The molecule has 1 spiro atoms. The highest BCUT2D eigenvalue weighted by Gasteiger charge is 2.68. The van der Waals surface area contributed by atoms with Crippen LogP contribution in [0.25, 0.3) is 0 Å². The highest BCUT2D eigenvalue weighted by atomic mass is 16.2. The molecule has 1 saturated carbocycles. The van der Waals surface area contributed by atoms with Crippen molar-refractivity contribution < 1.29 is 14.4 Å². The topological polar surface area (TPSA) is 60.9 Å². The molecule has 1 aromatic rings. The summed E-state index contributed by atoms with van der Waals surface area (Å²) in [4.78, 5) is 41.6. The van der Waals surface area contributed by atoms with Crippen LogP contribution in [0.4, 0.5) is 5.69 Å². The molecule has 3 fully saturated rings. The molecule has 1 aliphatic carbocycles. The largest absolute Gasteiger partial charge is 0.280 e. The van der Waals surface area contributed by atoms with Crippen LogP contribution in [0.3, 0.4) is 0 Å². The van der Waals surface area contributed by atoms with Crippen molar-refractivity contribution in [2.75, 3.05) is 11.6 Å². The van der Waals surface area contributed by atoms with Gasteiger partial charge in [-0.25, -0.2) is 5.01 Å². The van der Waals surface area contributed by atoms with E-state index in [-0.39, 0.29) is 30.2 Å². The van der Waals surface area contributed by atoms with Crippen LogP contribution in [0.1, 0.15) is 57.9 Å². The van der Waals surface area contributed by atoms with E-state index in [0.717, 1.165) is 43.4 Å². The number of amides is 3. The summed E-state index contributed by atoms with van der Waals surface area (Å²) in [6.07, 6.45) is 5.06. The number of hydrogen-bond acceptors (Lipinski definition) is 4. The normalized spacial score (nSPS) is 29.9. The maximum Gasteiger partial charge on any atom is 0.262 e. The molecule has 3 aliphatic heterocycles. The number of nitrogens with zero attached hydrogens (tertiary/aromatic N) is 3. The van der Waals surface area contributed by atoms with Crippen LogP contribution in [0.5, 0.6) is 0 Å². The fourth-order valence-electron chi connectivity index (χ4n) is 5.42. The van der Waals surface area contributed by atoms with Crippen molar-refractivity contribution in [2.45, 2.75) is 64.0 Å². The van der Waals surface area contributed by atoms with Gasteiger partial charge >= 0.3 is 0 Å². The third-order valence-corrected chi connectivity index (χ3v) is 6.74. The Bertz CT molecular complexity index is 858. The van der Waals surface area contributed by atoms with Crippen molar-refractivity contribution in [1.29, 1.82) is 0 Å². The molecule has 1 atom stereocenters. The van der Waals surface area contributed by atoms with Gasteiger partial charge in [-0.2, -0.15) is 0 Å². The summed E-state index contributed by atoms with van der Waals surface area (Å²) in [7, 11) is 0. The van der Waals surface area contributed by atoms with Crippen LogP contribution in [-0.2, 0) is 19.9 Å². The Labute approximate surface area is 159 Å². The van der Waals surface area contributed by atoms with Crippen LogP contribution in [-0.4, -0.2) is 40.2 Å². The Balaban J connectivity index is 1.65. The van der Waals surface area contributed by atoms with E-state index in [1.807, 2.05) is 43.1 Å². The van der Waals surface area contributed by atoms with E-state index in [9.17, 15) is 14.4 Å². The van der Waals surface area contributed by atoms with Gasteiger partial charge < -0.3 is 0 Å². The first kappa shape index (κ1) is 16.8. The average Bonchev–Trinajstić information content (AvgIpc) is 3.17. The van der Waals surface area contributed by atoms with Crippen LogP contribution in [0, 0.1) is 5.41 Å². The smallest absolute Gasteiger partial charge is 0.262 e. The third kappa shape index (κ3) is 1.98. The van der Waals surface area contributed by atoms with Crippen LogP contribution >= 0.6 is 0 Å². The zero-order chi connectivity index (χ0) is 19.0. The summed E-state index contributed by atoms with van der Waals surface area (Å²) >= 11 is 0. The first-order chi connectivity index (χ1) is 12.9. The van der Waals surface area contributed by atoms with E-state index in [0.29, 0.717) is 6.54 Å². The Kier molecular flexibility index (Phi) is 3.31. The van der Waals surface area contributed by atoms with Gasteiger partial charge in [0.2, 0.25) is 11.8 Å². The fourth-order valence-corrected chi connectivity index (χ4v) is 5.42. The molecule has 0 bridgehead atoms. The molecule has 0 N–H and O–H groups in total. The quantitative estimate of drug-likeness (QED) is 0.716. The Hall–Kier alpha value is -2.37. The van der Waals surface area contributed by atoms with E-state index in [1.54, 1.807) is 5.01 Å². The van der Waals surface area contributed by atoms with Crippen LogP contribution in [0.15, 0.2) is 24.3 Å². The summed E-state index contributed by atoms with van der Waals surface area (Å²) in [5.74, 6) is -0.424. The van der Waals surface area contributed by atoms with E-state index in [1.165, 1.54) is 4.90 Å². The van der Waals surface area contributed by atoms with E-state index in [2.05, 4.69) is 0 Å². The molecule has 0 aromatic heterocycles. The van der Waals surface area contributed by atoms with Gasteiger partial charge in [-0.05, 0) is 32.8 Å². The first-order valence-electron chi connectivity index (χ1n) is 9.96. The minimum Gasteiger partial charge on any atom is -0.280 e. The van der Waals surface area contributed by atoms with Crippen LogP contribution < -0.4 is 5.01 Å². The second kappa shape index (κ2) is 5.33. The van der Waals surface area contributed by atoms with E-state index < -0.39 is 11.0 Å². The third-order valence-electron chi connectivity index (χ3n) is 6.74. The number of benzene rings is 1. The molecule has 6 nitrogen and oxygen atoms in total. The van der Waals surface area contributed by atoms with Gasteiger partial charge in [-0.3, -0.25) is 24.3 Å². The molecular weight excluding hydrogens is 342 g/mol. The lowest BCUT2D eigenvalue weighted by atomic mass is 9.84. The minimum atomic E-state index is -1.20. The second-order valence-electron chi connectivity index (χ2n) is 8.97. The molecular formula is C21H25N3O3. The number of hydrazine groups is 1. The van der Waals surface area contributed by atoms with Crippen molar-refractivity contribution in [2.24, 2.45) is 5.41 Å². The standard InChI is InChI=1S/C21H25N3O3/c1-20(2)13-22-16-11-7-6-10-15(16)21(24(22)18(20)26)12-17(25)23(19(21)27)14-8-4-3-5-9-14/h6-7,10-11,14H,3-5,8-9,12-13H2,1-2H3. The zero-order valence-electron chi connectivity index (χ0n) is 15.9. The van der Waals surface area contributed by atoms with Gasteiger partial charge in [0.05, 0.1) is 24.1 Å². The summed E-state index contributed by atoms with van der Waals surface area (Å²) in [5, 5.41) is 3.54. The highest BCUT2D eigenvalue weighted by Crippen LogP contribution is 2.55. The second-order valence-corrected chi connectivity index (χ2v) is 8.97. The molecule has 1 aromatic carbocycles. The lowest BCUT2D eigenvalue weighted by molar-refractivity contribution is -0.152. The number of fused-ring (bicyclic) bond motifs is 5. The summed E-state index contributed by atoms with van der Waals surface area (Å²) in [6.45, 7) is 4.34. The van der Waals surface area contributed by atoms with Crippen molar-refractivity contribution in [3.05, 3.63) is 29.8 Å². The highest BCUT2D eigenvalue weighted by molar-refractivity contribution is 6.13. The number of likely N-dealkylation sites (tertiary alicyclic amines) is 1. The number of anilines is 1. The van der Waals surface area contributed by atoms with Gasteiger partial charge in [0.25, 0.3) is 5.91 Å². The maximum atomic E-state index is 13.8. The summed E-state index contributed by atoms with van der Waals surface area (Å²) in [5.41, 5.74) is -0.105. The SMILES string of the molecule is CC1(C)CN2c3ccccc3C3(CC(=O)N(C4CCCCC4)C3=O)N2C1=O.